The van der Waals surface area contributed by atoms with Crippen molar-refractivity contribution in [3.8, 4) is 11.8 Å². The monoisotopic (exact) mass is 187 g/mol. The summed E-state index contributed by atoms with van der Waals surface area (Å²) in [5.74, 6) is 0.584. The van der Waals surface area contributed by atoms with Crippen LogP contribution < -0.4 is 4.74 Å². The number of carbonyl (C=O) groups excluding carboxylic acids is 1. The maximum Gasteiger partial charge on any atom is 0.150 e. The maximum absolute atomic E-state index is 10.5. The summed E-state index contributed by atoms with van der Waals surface area (Å²) in [4.78, 5) is 10.5. The van der Waals surface area contributed by atoms with Gasteiger partial charge < -0.3 is 4.74 Å². The molecule has 70 valence electrons. The quantitative estimate of drug-likeness (QED) is 0.679. The van der Waals surface area contributed by atoms with Crippen LogP contribution in [0, 0.1) is 11.3 Å². The van der Waals surface area contributed by atoms with Crippen molar-refractivity contribution < 1.29 is 9.53 Å². The van der Waals surface area contributed by atoms with E-state index in [2.05, 4.69) is 0 Å². The van der Waals surface area contributed by atoms with E-state index in [0.717, 1.165) is 19.1 Å². The number of aldehydes is 1. The first-order valence-corrected chi connectivity index (χ1v) is 4.49. The number of hydrogen-bond donors (Lipinski definition) is 0. The number of carbonyl (C=O) groups is 1. The molecule has 1 saturated carbocycles. The summed E-state index contributed by atoms with van der Waals surface area (Å²) >= 11 is 0. The Balaban J connectivity index is 2.29. The molecule has 1 aromatic carbocycles. The van der Waals surface area contributed by atoms with Gasteiger partial charge in [-0.15, -0.1) is 0 Å². The van der Waals surface area contributed by atoms with Crippen LogP contribution in [-0.4, -0.2) is 12.4 Å². The average molecular weight is 187 g/mol. The summed E-state index contributed by atoms with van der Waals surface area (Å²) in [5.41, 5.74) is 0.936. The standard InChI is InChI=1S/C11H9NO2/c12-6-9-5-8(7-13)1-4-11(9)14-10-2-3-10/h1,4-5,7,10H,2-3H2. The highest BCUT2D eigenvalue weighted by Crippen LogP contribution is 2.29. The van der Waals surface area contributed by atoms with Gasteiger partial charge >= 0.3 is 0 Å². The lowest BCUT2D eigenvalue weighted by molar-refractivity contribution is 0.112. The molecule has 0 heterocycles. The molecule has 3 heteroatoms. The molecular formula is C11H9NO2. The first-order valence-electron chi connectivity index (χ1n) is 4.49. The molecule has 0 aliphatic heterocycles. The van der Waals surface area contributed by atoms with Crippen LogP contribution in [0.15, 0.2) is 18.2 Å². The molecular weight excluding hydrogens is 178 g/mol. The summed E-state index contributed by atoms with van der Waals surface area (Å²) in [6.07, 6.45) is 3.10. The fourth-order valence-corrected chi connectivity index (χ4v) is 1.18. The van der Waals surface area contributed by atoms with Gasteiger partial charge in [-0.3, -0.25) is 4.79 Å². The van der Waals surface area contributed by atoms with E-state index in [1.807, 2.05) is 6.07 Å². The Kier molecular flexibility index (Phi) is 2.19. The van der Waals surface area contributed by atoms with Crippen molar-refractivity contribution in [3.63, 3.8) is 0 Å². The van der Waals surface area contributed by atoms with Gasteiger partial charge in [0, 0.05) is 5.56 Å². The molecule has 0 atom stereocenters. The minimum Gasteiger partial charge on any atom is -0.489 e. The molecule has 14 heavy (non-hydrogen) atoms. The number of ether oxygens (including phenoxy) is 1. The zero-order chi connectivity index (χ0) is 9.97. The Hall–Kier alpha value is -1.82. The van der Waals surface area contributed by atoms with Gasteiger partial charge in [-0.05, 0) is 31.0 Å². The Labute approximate surface area is 81.9 Å². The number of nitriles is 1. The highest BCUT2D eigenvalue weighted by Gasteiger charge is 2.24. The maximum atomic E-state index is 10.5. The fraction of sp³-hybridized carbons (Fsp3) is 0.273. The van der Waals surface area contributed by atoms with E-state index in [0.29, 0.717) is 16.9 Å². The molecule has 1 aromatic rings. The Morgan fingerprint density at radius 3 is 2.86 bits per heavy atom. The first-order chi connectivity index (χ1) is 6.83. The topological polar surface area (TPSA) is 50.1 Å². The summed E-state index contributed by atoms with van der Waals surface area (Å²) in [6, 6.07) is 6.91. The van der Waals surface area contributed by atoms with E-state index in [1.54, 1.807) is 18.2 Å². The van der Waals surface area contributed by atoms with Gasteiger partial charge in [0.05, 0.1) is 11.7 Å². The second-order valence-corrected chi connectivity index (χ2v) is 3.30. The lowest BCUT2D eigenvalue weighted by Gasteiger charge is -2.05. The predicted octanol–water partition coefficient (Wildman–Crippen LogP) is 1.91. The Bertz CT molecular complexity index is 402. The van der Waals surface area contributed by atoms with Crippen LogP contribution in [0.4, 0.5) is 0 Å². The van der Waals surface area contributed by atoms with Crippen molar-refractivity contribution >= 4 is 6.29 Å². The lowest BCUT2D eigenvalue weighted by Crippen LogP contribution is -1.98. The van der Waals surface area contributed by atoms with E-state index in [-0.39, 0.29) is 6.10 Å². The smallest absolute Gasteiger partial charge is 0.150 e. The molecule has 0 amide bonds. The molecule has 0 saturated heterocycles. The second kappa shape index (κ2) is 3.51. The minimum absolute atomic E-state index is 0.268. The molecule has 0 bridgehead atoms. The van der Waals surface area contributed by atoms with Crippen LogP contribution in [-0.2, 0) is 0 Å². The van der Waals surface area contributed by atoms with Crippen molar-refractivity contribution in [2.45, 2.75) is 18.9 Å². The van der Waals surface area contributed by atoms with E-state index in [1.165, 1.54) is 0 Å². The second-order valence-electron chi connectivity index (χ2n) is 3.30. The molecule has 0 aromatic heterocycles. The van der Waals surface area contributed by atoms with Gasteiger partial charge in [0.25, 0.3) is 0 Å². The molecule has 0 N–H and O–H groups in total. The van der Waals surface area contributed by atoms with Gasteiger partial charge in [0.2, 0.25) is 0 Å². The van der Waals surface area contributed by atoms with Gasteiger partial charge in [-0.1, -0.05) is 0 Å². The van der Waals surface area contributed by atoms with Crippen molar-refractivity contribution in [1.82, 2.24) is 0 Å². The lowest BCUT2D eigenvalue weighted by atomic mass is 10.1. The largest absolute Gasteiger partial charge is 0.489 e. The fourth-order valence-electron chi connectivity index (χ4n) is 1.18. The van der Waals surface area contributed by atoms with Gasteiger partial charge in [-0.2, -0.15) is 5.26 Å². The SMILES string of the molecule is N#Cc1cc(C=O)ccc1OC1CC1. The number of hydrogen-bond acceptors (Lipinski definition) is 3. The normalized spacial score (nSPS) is 14.5. The first kappa shape index (κ1) is 8.76. The van der Waals surface area contributed by atoms with Gasteiger partial charge in [0.1, 0.15) is 18.1 Å². The number of nitrogens with zero attached hydrogens (tertiary/aromatic N) is 1. The van der Waals surface area contributed by atoms with Gasteiger partial charge in [0.15, 0.2) is 0 Å². The molecule has 1 aliphatic rings. The summed E-state index contributed by atoms with van der Waals surface area (Å²) in [6.45, 7) is 0. The molecule has 1 fully saturated rings. The Morgan fingerprint density at radius 2 is 2.29 bits per heavy atom. The molecule has 2 rings (SSSR count). The van der Waals surface area contributed by atoms with Crippen molar-refractivity contribution in [2.75, 3.05) is 0 Å². The van der Waals surface area contributed by atoms with Crippen molar-refractivity contribution in [1.29, 1.82) is 5.26 Å². The predicted molar refractivity (Wildman–Crippen MR) is 50.2 cm³/mol. The van der Waals surface area contributed by atoms with E-state index < -0.39 is 0 Å². The Morgan fingerprint density at radius 1 is 1.50 bits per heavy atom. The molecule has 3 nitrogen and oxygen atoms in total. The van der Waals surface area contributed by atoms with Crippen LogP contribution in [0.2, 0.25) is 0 Å². The molecule has 0 unspecified atom stereocenters. The van der Waals surface area contributed by atoms with Gasteiger partial charge in [-0.25, -0.2) is 0 Å². The zero-order valence-electron chi connectivity index (χ0n) is 7.56. The highest BCUT2D eigenvalue weighted by molar-refractivity contribution is 5.76. The average Bonchev–Trinajstić information content (AvgIpc) is 3.02. The molecule has 1 aliphatic carbocycles. The summed E-state index contributed by atoms with van der Waals surface area (Å²) < 4.78 is 5.51. The van der Waals surface area contributed by atoms with Crippen LogP contribution >= 0.6 is 0 Å². The van der Waals surface area contributed by atoms with Crippen LogP contribution in [0.5, 0.6) is 5.75 Å². The van der Waals surface area contributed by atoms with E-state index in [9.17, 15) is 4.79 Å². The zero-order valence-corrected chi connectivity index (χ0v) is 7.56. The number of rotatable bonds is 3. The third-order valence-electron chi connectivity index (χ3n) is 2.08. The highest BCUT2D eigenvalue weighted by atomic mass is 16.5. The van der Waals surface area contributed by atoms with Crippen LogP contribution in [0.25, 0.3) is 0 Å². The summed E-state index contributed by atoms with van der Waals surface area (Å²) in [7, 11) is 0. The van der Waals surface area contributed by atoms with E-state index in [4.69, 9.17) is 10.00 Å². The summed E-state index contributed by atoms with van der Waals surface area (Å²) in [5, 5.41) is 8.83. The molecule has 0 spiro atoms. The third kappa shape index (κ3) is 1.74. The van der Waals surface area contributed by atoms with E-state index >= 15 is 0 Å². The number of benzene rings is 1. The van der Waals surface area contributed by atoms with Crippen molar-refractivity contribution in [3.05, 3.63) is 29.3 Å². The third-order valence-corrected chi connectivity index (χ3v) is 2.08. The van der Waals surface area contributed by atoms with Crippen LogP contribution in [0.3, 0.4) is 0 Å². The minimum atomic E-state index is 0.268. The van der Waals surface area contributed by atoms with Crippen LogP contribution in [0.1, 0.15) is 28.8 Å². The van der Waals surface area contributed by atoms with Crippen molar-refractivity contribution in [2.24, 2.45) is 0 Å². The molecule has 0 radical (unpaired) electrons.